The van der Waals surface area contributed by atoms with Crippen molar-refractivity contribution in [3.05, 3.63) is 87.9 Å². The molecule has 0 saturated heterocycles. The number of rotatable bonds is 8. The van der Waals surface area contributed by atoms with Crippen molar-refractivity contribution in [3.8, 4) is 17.2 Å². The summed E-state index contributed by atoms with van der Waals surface area (Å²) in [6.45, 7) is 1.72. The Morgan fingerprint density at radius 1 is 1.03 bits per heavy atom. The number of halogens is 1. The molecule has 0 fully saturated rings. The Labute approximate surface area is 194 Å². The first-order valence-corrected chi connectivity index (χ1v) is 10.4. The Balaban J connectivity index is 1.62. The van der Waals surface area contributed by atoms with Crippen LogP contribution in [-0.4, -0.2) is 31.8 Å². The van der Waals surface area contributed by atoms with Crippen molar-refractivity contribution in [1.29, 1.82) is 0 Å². The quantitative estimate of drug-likeness (QED) is 0.214. The summed E-state index contributed by atoms with van der Waals surface area (Å²) < 4.78 is 16.9. The second kappa shape index (κ2) is 11.1. The summed E-state index contributed by atoms with van der Waals surface area (Å²) in [5.74, 6) is 0.617. The molecular weight excluding hydrogens is 476 g/mol. The second-order valence-corrected chi connectivity index (χ2v) is 7.56. The van der Waals surface area contributed by atoms with Crippen molar-refractivity contribution in [1.82, 2.24) is 5.43 Å². The predicted octanol–water partition coefficient (Wildman–Crippen LogP) is 4.51. The molecule has 1 amide bonds. The normalized spacial score (nSPS) is 10.6. The molecule has 8 heteroatoms. The number of aryl methyl sites for hydroxylation is 1. The highest BCUT2D eigenvalue weighted by Crippen LogP contribution is 2.23. The fraction of sp³-hybridized carbons (Fsp3) is 0.125. The van der Waals surface area contributed by atoms with E-state index in [-0.39, 0.29) is 6.61 Å². The Morgan fingerprint density at radius 3 is 2.50 bits per heavy atom. The monoisotopic (exact) mass is 496 g/mol. The minimum Gasteiger partial charge on any atom is -0.497 e. The third kappa shape index (κ3) is 6.42. The second-order valence-electron chi connectivity index (χ2n) is 6.65. The maximum atomic E-state index is 12.5. The molecule has 32 heavy (non-hydrogen) atoms. The fourth-order valence-corrected chi connectivity index (χ4v) is 3.05. The summed E-state index contributed by atoms with van der Waals surface area (Å²) in [5, 5.41) is 3.95. The van der Waals surface area contributed by atoms with Crippen LogP contribution < -0.4 is 19.6 Å². The number of carbonyl (C=O) groups excluding carboxylic acids is 2. The van der Waals surface area contributed by atoms with Crippen LogP contribution in [0.25, 0.3) is 0 Å². The molecule has 0 bridgehead atoms. The molecule has 0 aliphatic rings. The van der Waals surface area contributed by atoms with E-state index in [2.05, 4.69) is 26.5 Å². The van der Waals surface area contributed by atoms with Gasteiger partial charge >= 0.3 is 5.97 Å². The average Bonchev–Trinajstić information content (AvgIpc) is 2.80. The Morgan fingerprint density at radius 2 is 1.78 bits per heavy atom. The molecule has 164 valence electrons. The first-order chi connectivity index (χ1) is 15.5. The van der Waals surface area contributed by atoms with Gasteiger partial charge in [-0.05, 0) is 61.0 Å². The number of amides is 1. The van der Waals surface area contributed by atoms with Gasteiger partial charge in [-0.15, -0.1) is 0 Å². The van der Waals surface area contributed by atoms with Crippen molar-refractivity contribution in [3.63, 3.8) is 0 Å². The number of carbonyl (C=O) groups is 2. The van der Waals surface area contributed by atoms with Crippen LogP contribution in [0.2, 0.25) is 0 Å². The van der Waals surface area contributed by atoms with Crippen LogP contribution in [0.4, 0.5) is 0 Å². The van der Waals surface area contributed by atoms with E-state index in [4.69, 9.17) is 14.2 Å². The molecule has 0 radical (unpaired) electrons. The van der Waals surface area contributed by atoms with Crippen molar-refractivity contribution in [2.45, 2.75) is 6.92 Å². The molecule has 0 aromatic heterocycles. The summed E-state index contributed by atoms with van der Waals surface area (Å²) in [6, 6.07) is 19.1. The Hall–Kier alpha value is -3.65. The Kier molecular flexibility index (Phi) is 7.99. The number of hydrogen-bond donors (Lipinski definition) is 1. The molecule has 7 nitrogen and oxygen atoms in total. The van der Waals surface area contributed by atoms with Gasteiger partial charge in [0.15, 0.2) is 6.61 Å². The summed E-state index contributed by atoms with van der Waals surface area (Å²) >= 11 is 3.38. The number of benzene rings is 3. The molecule has 3 aromatic rings. The third-order valence-electron chi connectivity index (χ3n) is 4.35. The summed E-state index contributed by atoms with van der Waals surface area (Å²) in [7, 11) is 1.55. The zero-order chi connectivity index (χ0) is 22.9. The van der Waals surface area contributed by atoms with Crippen LogP contribution in [0, 0.1) is 6.92 Å². The van der Waals surface area contributed by atoms with Gasteiger partial charge in [0.2, 0.25) is 0 Å². The van der Waals surface area contributed by atoms with Crippen LogP contribution in [0.5, 0.6) is 17.2 Å². The lowest BCUT2D eigenvalue weighted by Crippen LogP contribution is -2.24. The van der Waals surface area contributed by atoms with Crippen molar-refractivity contribution < 1.29 is 23.8 Å². The number of nitrogens with one attached hydrogen (secondary N) is 1. The number of nitrogens with zero attached hydrogens (tertiary/aromatic N) is 1. The standard InChI is InChI=1S/C24H21BrN2O5/c1-16-5-3-4-6-21(16)31-15-23(28)27-26-14-18-13-19(25)9-12-22(18)32-24(29)17-7-10-20(30-2)11-8-17/h3-14H,15H2,1-2H3,(H,27,28). The van der Waals surface area contributed by atoms with Gasteiger partial charge in [-0.25, -0.2) is 10.2 Å². The number of esters is 1. The lowest BCUT2D eigenvalue weighted by Gasteiger charge is -2.09. The summed E-state index contributed by atoms with van der Waals surface area (Å²) in [6.07, 6.45) is 1.40. The topological polar surface area (TPSA) is 86.2 Å². The number of methoxy groups -OCH3 is 1. The Bertz CT molecular complexity index is 1130. The molecule has 0 aliphatic heterocycles. The lowest BCUT2D eigenvalue weighted by atomic mass is 10.2. The fourth-order valence-electron chi connectivity index (χ4n) is 2.67. The van der Waals surface area contributed by atoms with Gasteiger partial charge in [0, 0.05) is 10.0 Å². The molecule has 1 N–H and O–H groups in total. The van der Waals surface area contributed by atoms with E-state index in [1.165, 1.54) is 6.21 Å². The van der Waals surface area contributed by atoms with E-state index in [1.54, 1.807) is 55.6 Å². The van der Waals surface area contributed by atoms with Crippen LogP contribution in [0.1, 0.15) is 21.5 Å². The van der Waals surface area contributed by atoms with Crippen LogP contribution in [-0.2, 0) is 4.79 Å². The van der Waals surface area contributed by atoms with Gasteiger partial charge in [0.05, 0.1) is 18.9 Å². The highest BCUT2D eigenvalue weighted by atomic mass is 79.9. The predicted molar refractivity (Wildman–Crippen MR) is 125 cm³/mol. The highest BCUT2D eigenvalue weighted by molar-refractivity contribution is 9.10. The van der Waals surface area contributed by atoms with Crippen LogP contribution >= 0.6 is 15.9 Å². The van der Waals surface area contributed by atoms with Gasteiger partial charge in [-0.3, -0.25) is 4.79 Å². The molecular formula is C24H21BrN2O5. The molecule has 0 heterocycles. The average molecular weight is 497 g/mol. The molecule has 0 saturated carbocycles. The van der Waals surface area contributed by atoms with Crippen molar-refractivity contribution >= 4 is 34.0 Å². The molecule has 3 aromatic carbocycles. The SMILES string of the molecule is COc1ccc(C(=O)Oc2ccc(Br)cc2C=NNC(=O)COc2ccccc2C)cc1. The van der Waals surface area contributed by atoms with E-state index < -0.39 is 11.9 Å². The highest BCUT2D eigenvalue weighted by Gasteiger charge is 2.12. The first-order valence-electron chi connectivity index (χ1n) is 9.62. The minimum atomic E-state index is -0.528. The van der Waals surface area contributed by atoms with E-state index in [9.17, 15) is 9.59 Å². The molecule has 3 rings (SSSR count). The smallest absolute Gasteiger partial charge is 0.343 e. The number of hydrogen-bond acceptors (Lipinski definition) is 6. The summed E-state index contributed by atoms with van der Waals surface area (Å²) in [5.41, 5.74) is 4.21. The molecule has 0 aliphatic carbocycles. The summed E-state index contributed by atoms with van der Waals surface area (Å²) in [4.78, 5) is 24.5. The molecule has 0 atom stereocenters. The van der Waals surface area contributed by atoms with Crippen molar-refractivity contribution in [2.75, 3.05) is 13.7 Å². The lowest BCUT2D eigenvalue weighted by molar-refractivity contribution is -0.123. The van der Waals surface area contributed by atoms with E-state index in [1.807, 2.05) is 25.1 Å². The molecule has 0 spiro atoms. The maximum absolute atomic E-state index is 12.5. The van der Waals surface area contributed by atoms with Crippen molar-refractivity contribution in [2.24, 2.45) is 5.10 Å². The van der Waals surface area contributed by atoms with Gasteiger partial charge in [-0.2, -0.15) is 5.10 Å². The van der Waals surface area contributed by atoms with E-state index in [0.29, 0.717) is 28.4 Å². The van der Waals surface area contributed by atoms with Gasteiger partial charge in [0.1, 0.15) is 17.2 Å². The minimum absolute atomic E-state index is 0.181. The molecule has 0 unspecified atom stereocenters. The van der Waals surface area contributed by atoms with E-state index >= 15 is 0 Å². The largest absolute Gasteiger partial charge is 0.497 e. The van der Waals surface area contributed by atoms with Gasteiger partial charge in [0.25, 0.3) is 5.91 Å². The zero-order valence-electron chi connectivity index (χ0n) is 17.5. The van der Waals surface area contributed by atoms with E-state index in [0.717, 1.165) is 10.0 Å². The van der Waals surface area contributed by atoms with Gasteiger partial charge < -0.3 is 14.2 Å². The first kappa shape index (κ1) is 23.0. The number of ether oxygens (including phenoxy) is 3. The van der Waals surface area contributed by atoms with Crippen LogP contribution in [0.3, 0.4) is 0 Å². The van der Waals surface area contributed by atoms with Gasteiger partial charge in [-0.1, -0.05) is 34.1 Å². The maximum Gasteiger partial charge on any atom is 0.343 e. The third-order valence-corrected chi connectivity index (χ3v) is 4.84. The zero-order valence-corrected chi connectivity index (χ0v) is 19.1. The number of hydrazone groups is 1. The number of para-hydroxylation sites is 1. The van der Waals surface area contributed by atoms with Crippen LogP contribution in [0.15, 0.2) is 76.3 Å².